The van der Waals surface area contributed by atoms with Crippen LogP contribution in [0.2, 0.25) is 0 Å². The monoisotopic (exact) mass is 396 g/mol. The van der Waals surface area contributed by atoms with Gasteiger partial charge in [0.1, 0.15) is 5.78 Å². The summed E-state index contributed by atoms with van der Waals surface area (Å²) in [5.74, 6) is 0.225. The molecule has 0 aromatic heterocycles. The molecule has 1 heteroatoms. The summed E-state index contributed by atoms with van der Waals surface area (Å²) in [5, 5.41) is 0. The minimum atomic E-state index is -0.210. The average Bonchev–Trinajstić information content (AvgIpc) is 2.88. The van der Waals surface area contributed by atoms with Crippen molar-refractivity contribution >= 4 is 5.78 Å². The SMILES string of the molecule is C=C/C=C\C1=C(C=C)C(C=C)=C(/C=C\C)C1(C)CC(C)(C)CC(C)=O.CC.CC. The predicted molar refractivity (Wildman–Crippen MR) is 133 cm³/mol. The zero-order chi connectivity index (χ0) is 23.3. The summed E-state index contributed by atoms with van der Waals surface area (Å²) >= 11 is 0. The van der Waals surface area contributed by atoms with E-state index in [1.54, 1.807) is 13.0 Å². The van der Waals surface area contributed by atoms with E-state index in [2.05, 4.69) is 58.7 Å². The van der Waals surface area contributed by atoms with Gasteiger partial charge in [0.25, 0.3) is 0 Å². The molecule has 1 rings (SSSR count). The number of allylic oxidation sites excluding steroid dienone is 11. The molecule has 0 aromatic carbocycles. The summed E-state index contributed by atoms with van der Waals surface area (Å²) < 4.78 is 0. The Hall–Kier alpha value is -2.15. The third-order valence-corrected chi connectivity index (χ3v) is 4.76. The van der Waals surface area contributed by atoms with Gasteiger partial charge in [-0.25, -0.2) is 0 Å². The van der Waals surface area contributed by atoms with Crippen molar-refractivity contribution < 1.29 is 4.79 Å². The van der Waals surface area contributed by atoms with Gasteiger partial charge in [-0.15, -0.1) is 0 Å². The molecule has 0 aliphatic heterocycles. The highest BCUT2D eigenvalue weighted by Gasteiger charge is 2.43. The van der Waals surface area contributed by atoms with Crippen LogP contribution < -0.4 is 0 Å². The fraction of sp³-hybridized carbons (Fsp3) is 0.464. The van der Waals surface area contributed by atoms with Crippen molar-refractivity contribution in [3.63, 3.8) is 0 Å². The zero-order valence-electron chi connectivity index (χ0n) is 20.5. The number of carbonyl (C=O) groups is 1. The highest BCUT2D eigenvalue weighted by Crippen LogP contribution is 2.55. The maximum atomic E-state index is 11.7. The normalized spacial score (nSPS) is 18.9. The molecule has 162 valence electrons. The number of Topliss-reactive ketones (excluding diaryl/α,β-unsaturated/α-hetero) is 1. The van der Waals surface area contributed by atoms with Gasteiger partial charge in [0.05, 0.1) is 0 Å². The molecule has 29 heavy (non-hydrogen) atoms. The molecule has 1 unspecified atom stereocenters. The van der Waals surface area contributed by atoms with Gasteiger partial charge in [-0.1, -0.05) is 111 Å². The van der Waals surface area contributed by atoms with E-state index >= 15 is 0 Å². The van der Waals surface area contributed by atoms with E-state index in [0.717, 1.165) is 17.6 Å². The lowest BCUT2D eigenvalue weighted by Crippen LogP contribution is -2.29. The summed E-state index contributed by atoms with van der Waals surface area (Å²) in [5.41, 5.74) is 4.37. The largest absolute Gasteiger partial charge is 0.300 e. The quantitative estimate of drug-likeness (QED) is 0.356. The zero-order valence-corrected chi connectivity index (χ0v) is 20.5. The Morgan fingerprint density at radius 1 is 0.966 bits per heavy atom. The van der Waals surface area contributed by atoms with E-state index in [1.807, 2.05) is 52.8 Å². The fourth-order valence-electron chi connectivity index (χ4n) is 4.23. The van der Waals surface area contributed by atoms with Crippen LogP contribution in [-0.2, 0) is 4.79 Å². The number of hydrogen-bond donors (Lipinski definition) is 0. The first-order chi connectivity index (χ1) is 13.7. The van der Waals surface area contributed by atoms with E-state index in [4.69, 9.17) is 0 Å². The third-order valence-electron chi connectivity index (χ3n) is 4.76. The Bertz CT molecular complexity index is 692. The Kier molecular flexibility index (Phi) is 14.0. The van der Waals surface area contributed by atoms with Crippen molar-refractivity contribution in [3.8, 4) is 0 Å². The molecule has 0 heterocycles. The number of hydrogen-bond acceptors (Lipinski definition) is 1. The first kappa shape index (κ1) is 29.1. The van der Waals surface area contributed by atoms with Crippen LogP contribution in [0.1, 0.15) is 75.2 Å². The summed E-state index contributed by atoms with van der Waals surface area (Å²) in [6.45, 7) is 30.1. The topological polar surface area (TPSA) is 17.1 Å². The van der Waals surface area contributed by atoms with Gasteiger partial charge in [0, 0.05) is 11.8 Å². The van der Waals surface area contributed by atoms with E-state index in [-0.39, 0.29) is 16.6 Å². The first-order valence-electron chi connectivity index (χ1n) is 10.8. The van der Waals surface area contributed by atoms with Crippen molar-refractivity contribution in [2.75, 3.05) is 0 Å². The smallest absolute Gasteiger partial charge is 0.130 e. The molecule has 0 amide bonds. The van der Waals surface area contributed by atoms with Crippen molar-refractivity contribution in [2.24, 2.45) is 10.8 Å². The van der Waals surface area contributed by atoms with Crippen LogP contribution in [0.15, 0.2) is 84.6 Å². The lowest BCUT2D eigenvalue weighted by Gasteiger charge is -2.38. The summed E-state index contributed by atoms with van der Waals surface area (Å²) in [4.78, 5) is 11.7. The molecule has 1 aliphatic rings. The minimum Gasteiger partial charge on any atom is -0.300 e. The van der Waals surface area contributed by atoms with Gasteiger partial charge in [0.15, 0.2) is 0 Å². The van der Waals surface area contributed by atoms with Crippen LogP contribution >= 0.6 is 0 Å². The molecule has 0 aromatic rings. The highest BCUT2D eigenvalue weighted by molar-refractivity contribution is 5.76. The molecule has 1 atom stereocenters. The van der Waals surface area contributed by atoms with E-state index < -0.39 is 0 Å². The molecule has 1 aliphatic carbocycles. The molecule has 0 N–H and O–H groups in total. The molecule has 0 fully saturated rings. The average molecular weight is 397 g/mol. The lowest BCUT2D eigenvalue weighted by atomic mass is 9.66. The van der Waals surface area contributed by atoms with Crippen LogP contribution in [-0.4, -0.2) is 5.78 Å². The predicted octanol–water partition coefficient (Wildman–Crippen LogP) is 8.74. The van der Waals surface area contributed by atoms with Crippen molar-refractivity contribution in [3.05, 3.63) is 84.6 Å². The molecule has 0 saturated heterocycles. The van der Waals surface area contributed by atoms with Gasteiger partial charge >= 0.3 is 0 Å². The number of carbonyl (C=O) groups excluding carboxylic acids is 1. The van der Waals surface area contributed by atoms with Gasteiger partial charge in [-0.05, 0) is 48.0 Å². The van der Waals surface area contributed by atoms with Gasteiger partial charge in [-0.3, -0.25) is 0 Å². The van der Waals surface area contributed by atoms with Crippen LogP contribution in [0.25, 0.3) is 0 Å². The Morgan fingerprint density at radius 3 is 1.76 bits per heavy atom. The molecule has 0 spiro atoms. The second-order valence-corrected chi connectivity index (χ2v) is 7.71. The van der Waals surface area contributed by atoms with E-state index in [9.17, 15) is 4.79 Å². The second-order valence-electron chi connectivity index (χ2n) is 7.71. The summed E-state index contributed by atoms with van der Waals surface area (Å²) in [6, 6.07) is 0. The molecule has 0 radical (unpaired) electrons. The Morgan fingerprint density at radius 2 is 1.41 bits per heavy atom. The maximum Gasteiger partial charge on any atom is 0.130 e. The van der Waals surface area contributed by atoms with Gasteiger partial charge < -0.3 is 4.79 Å². The van der Waals surface area contributed by atoms with Crippen LogP contribution in [0.5, 0.6) is 0 Å². The molecule has 0 saturated carbocycles. The Balaban J connectivity index is 0. The maximum absolute atomic E-state index is 11.7. The van der Waals surface area contributed by atoms with Crippen LogP contribution in [0, 0.1) is 10.8 Å². The van der Waals surface area contributed by atoms with Gasteiger partial charge in [-0.2, -0.15) is 0 Å². The van der Waals surface area contributed by atoms with Crippen molar-refractivity contribution in [1.82, 2.24) is 0 Å². The second kappa shape index (κ2) is 13.9. The van der Waals surface area contributed by atoms with Crippen LogP contribution in [0.4, 0.5) is 0 Å². The number of rotatable bonds is 9. The highest BCUT2D eigenvalue weighted by atomic mass is 16.1. The molecule has 0 bridgehead atoms. The first-order valence-corrected chi connectivity index (χ1v) is 10.8. The van der Waals surface area contributed by atoms with Crippen LogP contribution in [0.3, 0.4) is 0 Å². The summed E-state index contributed by atoms with van der Waals surface area (Å²) in [6.07, 6.45) is 15.4. The standard InChI is InChI=1S/C24H32O.2C2H6/c1-9-13-15-22-20(12-4)19(11-3)21(14-10-2)24(22,8)17-23(6,7)16-18(5)25;2*1-2/h9-15H,1,3-4,16-17H2,2,5-8H3;2*1-2H3/b14-10-,15-13-;;. The molecular weight excluding hydrogens is 352 g/mol. The number of ketones is 1. The van der Waals surface area contributed by atoms with Crippen molar-refractivity contribution in [2.45, 2.75) is 75.2 Å². The fourth-order valence-corrected chi connectivity index (χ4v) is 4.23. The molecule has 1 nitrogen and oxygen atoms in total. The van der Waals surface area contributed by atoms with Crippen molar-refractivity contribution in [1.29, 1.82) is 0 Å². The minimum absolute atomic E-state index is 0.108. The molecular formula is C28H44O. The Labute approximate surface area is 181 Å². The third kappa shape index (κ3) is 7.65. The van der Waals surface area contributed by atoms with Gasteiger partial charge in [0.2, 0.25) is 0 Å². The van der Waals surface area contributed by atoms with E-state index in [0.29, 0.717) is 6.42 Å². The lowest BCUT2D eigenvalue weighted by molar-refractivity contribution is -0.119. The summed E-state index contributed by atoms with van der Waals surface area (Å²) in [7, 11) is 0. The van der Waals surface area contributed by atoms with E-state index in [1.165, 1.54) is 11.1 Å².